The molecule has 4 aromatic rings. The number of imidazole rings is 1. The first kappa shape index (κ1) is 28.5. The molecule has 0 spiro atoms. The summed E-state index contributed by atoms with van der Waals surface area (Å²) in [7, 11) is 0. The number of H-pyrrole nitrogens is 1. The van der Waals surface area contributed by atoms with Gasteiger partial charge < -0.3 is 15.6 Å². The highest BCUT2D eigenvalue weighted by atomic mass is 19.1. The maximum atomic E-state index is 14.4. The van der Waals surface area contributed by atoms with Crippen LogP contribution in [0.25, 0.3) is 11.2 Å². The third-order valence-electron chi connectivity index (χ3n) is 6.48. The van der Waals surface area contributed by atoms with Gasteiger partial charge in [0, 0.05) is 44.1 Å². The number of aromatic amines is 1. The van der Waals surface area contributed by atoms with E-state index in [-0.39, 0.29) is 48.1 Å². The van der Waals surface area contributed by atoms with Gasteiger partial charge in [0.1, 0.15) is 17.2 Å². The molecule has 2 amide bonds. The Hall–Kier alpha value is -4.54. The number of hydrogen-bond acceptors (Lipinski definition) is 5. The molecule has 0 aliphatic heterocycles. The van der Waals surface area contributed by atoms with Gasteiger partial charge in [-0.15, -0.1) is 0 Å². The zero-order valence-corrected chi connectivity index (χ0v) is 22.6. The number of carbonyl (C=O) groups excluding carboxylic acids is 2. The Kier molecular flexibility index (Phi) is 9.26. The molecule has 0 saturated heterocycles. The summed E-state index contributed by atoms with van der Waals surface area (Å²) in [5.74, 6) is -0.332. The lowest BCUT2D eigenvalue weighted by atomic mass is 10.1. The molecule has 0 aliphatic carbocycles. The van der Waals surface area contributed by atoms with Crippen molar-refractivity contribution in [3.63, 3.8) is 0 Å². The van der Waals surface area contributed by atoms with E-state index in [2.05, 4.69) is 20.6 Å². The highest BCUT2D eigenvalue weighted by Gasteiger charge is 2.19. The van der Waals surface area contributed by atoms with E-state index in [1.165, 1.54) is 23.6 Å². The standard InChI is InChI=1S/C29H33FN6O4/c1-3-4-15-31-25(38)10-7-16-35-27-26(28(39)36(29(35)40)18-21-8-5-6-9-23(21)30)33-24(34-27)17-20-11-13-22(14-12-20)32-19(2)37/h5-6,8-9,11-14H,3-4,7,10,15-18H2,1-2H3,(H,31,38)(H,32,37)(H,33,34). The summed E-state index contributed by atoms with van der Waals surface area (Å²) in [6.07, 6.45) is 2.77. The van der Waals surface area contributed by atoms with Crippen LogP contribution in [0.1, 0.15) is 56.5 Å². The van der Waals surface area contributed by atoms with Gasteiger partial charge in [-0.25, -0.2) is 14.2 Å². The maximum absolute atomic E-state index is 14.4. The second-order valence-corrected chi connectivity index (χ2v) is 9.66. The van der Waals surface area contributed by atoms with E-state index in [9.17, 15) is 23.6 Å². The average molecular weight is 549 g/mol. The largest absolute Gasteiger partial charge is 0.356 e. The number of fused-ring (bicyclic) bond motifs is 1. The summed E-state index contributed by atoms with van der Waals surface area (Å²) < 4.78 is 16.8. The van der Waals surface area contributed by atoms with E-state index in [0.29, 0.717) is 30.9 Å². The zero-order valence-electron chi connectivity index (χ0n) is 22.6. The van der Waals surface area contributed by atoms with Crippen LogP contribution in [0, 0.1) is 5.82 Å². The van der Waals surface area contributed by atoms with Gasteiger partial charge in [-0.3, -0.25) is 23.5 Å². The zero-order chi connectivity index (χ0) is 28.6. The number of benzene rings is 2. The van der Waals surface area contributed by atoms with Crippen LogP contribution in [0.15, 0.2) is 58.1 Å². The third kappa shape index (κ3) is 6.90. The Morgan fingerprint density at radius 2 is 1.77 bits per heavy atom. The number of nitrogens with one attached hydrogen (secondary N) is 3. The molecular formula is C29H33FN6O4. The van der Waals surface area contributed by atoms with Crippen molar-refractivity contribution < 1.29 is 14.0 Å². The number of aromatic nitrogens is 4. The predicted octanol–water partition coefficient (Wildman–Crippen LogP) is 3.32. The smallest absolute Gasteiger partial charge is 0.333 e. The molecule has 0 aliphatic rings. The quantitative estimate of drug-likeness (QED) is 0.234. The molecule has 2 heterocycles. The molecule has 40 heavy (non-hydrogen) atoms. The Bertz CT molecular complexity index is 1620. The van der Waals surface area contributed by atoms with Crippen molar-refractivity contribution in [2.75, 3.05) is 11.9 Å². The van der Waals surface area contributed by atoms with E-state index >= 15 is 0 Å². The van der Waals surface area contributed by atoms with Crippen LogP contribution in [-0.2, 0) is 29.1 Å². The summed E-state index contributed by atoms with van der Waals surface area (Å²) in [4.78, 5) is 58.0. The van der Waals surface area contributed by atoms with E-state index in [4.69, 9.17) is 0 Å². The molecule has 11 heteroatoms. The molecule has 210 valence electrons. The minimum absolute atomic E-state index is 0.108. The van der Waals surface area contributed by atoms with Crippen molar-refractivity contribution in [2.45, 2.75) is 59.0 Å². The lowest BCUT2D eigenvalue weighted by Gasteiger charge is -2.12. The van der Waals surface area contributed by atoms with Gasteiger partial charge >= 0.3 is 5.69 Å². The predicted molar refractivity (Wildman–Crippen MR) is 151 cm³/mol. The molecule has 0 radical (unpaired) electrons. The van der Waals surface area contributed by atoms with E-state index < -0.39 is 17.1 Å². The van der Waals surface area contributed by atoms with Crippen molar-refractivity contribution in [3.8, 4) is 0 Å². The van der Waals surface area contributed by atoms with Crippen LogP contribution in [-0.4, -0.2) is 37.5 Å². The Morgan fingerprint density at radius 1 is 1.02 bits per heavy atom. The van der Waals surface area contributed by atoms with Gasteiger partial charge in [-0.05, 0) is 36.6 Å². The second-order valence-electron chi connectivity index (χ2n) is 9.66. The summed E-state index contributed by atoms with van der Waals surface area (Å²) in [6.45, 7) is 3.99. The first-order chi connectivity index (χ1) is 19.3. The number of unbranched alkanes of at least 4 members (excludes halogenated alkanes) is 1. The number of hydrogen-bond donors (Lipinski definition) is 3. The van der Waals surface area contributed by atoms with Crippen molar-refractivity contribution in [1.82, 2.24) is 24.4 Å². The van der Waals surface area contributed by atoms with Gasteiger partial charge in [0.2, 0.25) is 11.8 Å². The second kappa shape index (κ2) is 13.0. The summed E-state index contributed by atoms with van der Waals surface area (Å²) in [5.41, 5.74) is 0.842. The van der Waals surface area contributed by atoms with Crippen molar-refractivity contribution in [1.29, 1.82) is 0 Å². The lowest BCUT2D eigenvalue weighted by Crippen LogP contribution is -2.40. The number of anilines is 1. The maximum Gasteiger partial charge on any atom is 0.333 e. The fourth-order valence-electron chi connectivity index (χ4n) is 4.43. The van der Waals surface area contributed by atoms with Gasteiger partial charge in [-0.1, -0.05) is 43.7 Å². The van der Waals surface area contributed by atoms with Crippen molar-refractivity contribution in [2.24, 2.45) is 0 Å². The highest BCUT2D eigenvalue weighted by molar-refractivity contribution is 5.88. The van der Waals surface area contributed by atoms with Gasteiger partial charge in [0.25, 0.3) is 5.56 Å². The molecular weight excluding hydrogens is 515 g/mol. The normalized spacial score (nSPS) is 11.1. The molecule has 0 fully saturated rings. The number of halogens is 1. The molecule has 2 aromatic carbocycles. The molecule has 0 saturated carbocycles. The highest BCUT2D eigenvalue weighted by Crippen LogP contribution is 2.15. The van der Waals surface area contributed by atoms with E-state index in [1.54, 1.807) is 24.3 Å². The fraction of sp³-hybridized carbons (Fsp3) is 0.345. The molecule has 4 rings (SSSR count). The number of nitrogens with zero attached hydrogens (tertiary/aromatic N) is 3. The Balaban J connectivity index is 1.66. The van der Waals surface area contributed by atoms with Gasteiger partial charge in [0.15, 0.2) is 5.65 Å². The van der Waals surface area contributed by atoms with Crippen LogP contribution < -0.4 is 21.9 Å². The SMILES string of the molecule is CCCCNC(=O)CCCn1c(=O)n(Cc2ccccc2F)c(=O)c2[nH]c(Cc3ccc(NC(C)=O)cc3)nc21. The molecule has 10 nitrogen and oxygen atoms in total. The molecule has 0 unspecified atom stereocenters. The molecule has 2 aromatic heterocycles. The van der Waals surface area contributed by atoms with E-state index in [1.807, 2.05) is 19.1 Å². The van der Waals surface area contributed by atoms with Crippen LogP contribution in [0.2, 0.25) is 0 Å². The topological polar surface area (TPSA) is 131 Å². The number of carbonyl (C=O) groups is 2. The molecule has 0 bridgehead atoms. The van der Waals surface area contributed by atoms with Crippen molar-refractivity contribution in [3.05, 3.63) is 92.1 Å². The minimum atomic E-state index is -0.621. The minimum Gasteiger partial charge on any atom is -0.356 e. The lowest BCUT2D eigenvalue weighted by molar-refractivity contribution is -0.121. The average Bonchev–Trinajstić information content (AvgIpc) is 3.34. The van der Waals surface area contributed by atoms with Crippen LogP contribution in [0.5, 0.6) is 0 Å². The van der Waals surface area contributed by atoms with Crippen molar-refractivity contribution >= 4 is 28.7 Å². The number of aryl methyl sites for hydroxylation is 1. The number of rotatable bonds is 12. The monoisotopic (exact) mass is 548 g/mol. The van der Waals surface area contributed by atoms with Crippen LogP contribution in [0.3, 0.4) is 0 Å². The first-order valence-electron chi connectivity index (χ1n) is 13.4. The molecule has 0 atom stereocenters. The fourth-order valence-corrected chi connectivity index (χ4v) is 4.43. The summed E-state index contributed by atoms with van der Waals surface area (Å²) >= 11 is 0. The first-order valence-corrected chi connectivity index (χ1v) is 13.4. The summed E-state index contributed by atoms with van der Waals surface area (Å²) in [6, 6.07) is 13.2. The molecule has 3 N–H and O–H groups in total. The Morgan fingerprint density at radius 3 is 2.48 bits per heavy atom. The van der Waals surface area contributed by atoms with Crippen LogP contribution in [0.4, 0.5) is 10.1 Å². The van der Waals surface area contributed by atoms with E-state index in [0.717, 1.165) is 23.0 Å². The van der Waals surface area contributed by atoms with Crippen LogP contribution >= 0.6 is 0 Å². The Labute approximate surface area is 230 Å². The summed E-state index contributed by atoms with van der Waals surface area (Å²) in [5, 5.41) is 5.57. The number of amides is 2. The van der Waals surface area contributed by atoms with Gasteiger partial charge in [0.05, 0.1) is 6.54 Å². The third-order valence-corrected chi connectivity index (χ3v) is 6.48. The van der Waals surface area contributed by atoms with Gasteiger partial charge in [-0.2, -0.15) is 0 Å².